The molecule has 0 aliphatic heterocycles. The molecule has 0 atom stereocenters. The number of ether oxygens (including phenoxy) is 1. The van der Waals surface area contributed by atoms with E-state index < -0.39 is 17.6 Å². The molecule has 2 aromatic carbocycles. The van der Waals surface area contributed by atoms with Crippen LogP contribution in [-0.4, -0.2) is 18.0 Å². The standard InChI is InChI=1S/C20H16F3N3O2.BrH/c1-28-18-8-3-2-7-16(18)17-9-10-26(13-24-17)12-19(27)25-15-6-4-5-14(11-15)20(21,22)23;/h2-11,13H,12H2,1H3;1H. The Kier molecular flexibility index (Phi) is 7.33. The highest BCUT2D eigenvalue weighted by molar-refractivity contribution is 5.89. The Labute approximate surface area is 175 Å². The summed E-state index contributed by atoms with van der Waals surface area (Å²) in [6.07, 6.45) is -1.32. The van der Waals surface area contributed by atoms with E-state index in [4.69, 9.17) is 4.74 Å². The Morgan fingerprint density at radius 1 is 1.14 bits per heavy atom. The minimum atomic E-state index is -4.46. The maximum atomic E-state index is 12.7. The number of halogens is 4. The molecule has 1 N–H and O–H groups in total. The summed E-state index contributed by atoms with van der Waals surface area (Å²) < 4.78 is 45.1. The molecule has 9 heteroatoms. The van der Waals surface area contributed by atoms with Crippen LogP contribution in [0.3, 0.4) is 0 Å². The van der Waals surface area contributed by atoms with Crippen LogP contribution in [0.4, 0.5) is 18.9 Å². The van der Waals surface area contributed by atoms with Crippen LogP contribution in [-0.2, 0) is 17.5 Å². The van der Waals surface area contributed by atoms with Gasteiger partial charge in [0.05, 0.1) is 24.4 Å². The number of carbonyl (C=O) groups is 1. The van der Waals surface area contributed by atoms with E-state index in [2.05, 4.69) is 10.3 Å². The molecular formula is C20H17BrF3N3O2. The molecule has 0 aliphatic carbocycles. The van der Waals surface area contributed by atoms with Crippen molar-refractivity contribution in [2.75, 3.05) is 12.4 Å². The summed E-state index contributed by atoms with van der Waals surface area (Å²) in [5, 5.41) is 2.46. The molecule has 152 valence electrons. The zero-order valence-electron chi connectivity index (χ0n) is 15.3. The Morgan fingerprint density at radius 2 is 1.90 bits per heavy atom. The van der Waals surface area contributed by atoms with E-state index in [1.807, 2.05) is 24.3 Å². The molecule has 0 aliphatic rings. The van der Waals surface area contributed by atoms with Gasteiger partial charge in [0.1, 0.15) is 5.75 Å². The SMILES string of the molecule is COc1ccccc1-c1cc[n+](CC(=O)Nc2cccc(C(F)(F)F)c2)cn1.[Br-]. The zero-order valence-corrected chi connectivity index (χ0v) is 16.9. The Hall–Kier alpha value is -2.94. The van der Waals surface area contributed by atoms with Crippen LogP contribution in [0.5, 0.6) is 5.75 Å². The molecule has 3 aromatic rings. The van der Waals surface area contributed by atoms with Crippen molar-refractivity contribution < 1.29 is 44.3 Å². The number of rotatable bonds is 5. The van der Waals surface area contributed by atoms with E-state index in [9.17, 15) is 18.0 Å². The Bertz CT molecular complexity index is 979. The highest BCUT2D eigenvalue weighted by Crippen LogP contribution is 2.30. The first-order chi connectivity index (χ1) is 13.4. The fourth-order valence-electron chi connectivity index (χ4n) is 2.63. The van der Waals surface area contributed by atoms with E-state index in [1.54, 1.807) is 19.4 Å². The average molecular weight is 468 g/mol. The van der Waals surface area contributed by atoms with Gasteiger partial charge in [0.15, 0.2) is 12.2 Å². The van der Waals surface area contributed by atoms with Crippen LogP contribution in [0.25, 0.3) is 11.3 Å². The van der Waals surface area contributed by atoms with Gasteiger partial charge in [-0.25, -0.2) is 4.57 Å². The van der Waals surface area contributed by atoms with Crippen LogP contribution < -0.4 is 31.6 Å². The van der Waals surface area contributed by atoms with Crippen molar-refractivity contribution in [2.45, 2.75) is 12.7 Å². The molecule has 0 saturated carbocycles. The number of aromatic nitrogens is 2. The minimum absolute atomic E-state index is 0. The Morgan fingerprint density at radius 3 is 2.55 bits per heavy atom. The number of nitrogens with zero attached hydrogens (tertiary/aromatic N) is 2. The van der Waals surface area contributed by atoms with Gasteiger partial charge in [0, 0.05) is 11.8 Å². The summed E-state index contributed by atoms with van der Waals surface area (Å²) in [5.74, 6) is 0.214. The predicted molar refractivity (Wildman–Crippen MR) is 96.5 cm³/mol. The van der Waals surface area contributed by atoms with E-state index >= 15 is 0 Å². The number of anilines is 1. The summed E-state index contributed by atoms with van der Waals surface area (Å²) in [6, 6.07) is 13.6. The van der Waals surface area contributed by atoms with Gasteiger partial charge in [-0.3, -0.25) is 4.79 Å². The second-order valence-corrected chi connectivity index (χ2v) is 5.94. The molecule has 0 bridgehead atoms. The first-order valence-electron chi connectivity index (χ1n) is 8.32. The largest absolute Gasteiger partial charge is 1.00 e. The van der Waals surface area contributed by atoms with E-state index in [0.717, 1.165) is 17.7 Å². The molecule has 3 rings (SSSR count). The van der Waals surface area contributed by atoms with Gasteiger partial charge < -0.3 is 27.0 Å². The molecule has 0 unspecified atom stereocenters. The number of methoxy groups -OCH3 is 1. The topological polar surface area (TPSA) is 55.1 Å². The number of alkyl halides is 3. The second kappa shape index (κ2) is 9.51. The van der Waals surface area contributed by atoms with Crippen LogP contribution >= 0.6 is 0 Å². The van der Waals surface area contributed by atoms with Crippen LogP contribution in [0.1, 0.15) is 5.56 Å². The number of hydrogen-bond acceptors (Lipinski definition) is 3. The molecule has 0 saturated heterocycles. The summed E-state index contributed by atoms with van der Waals surface area (Å²) >= 11 is 0. The van der Waals surface area contributed by atoms with Crippen molar-refractivity contribution in [1.29, 1.82) is 0 Å². The van der Waals surface area contributed by atoms with Gasteiger partial charge in [-0.05, 0) is 35.3 Å². The van der Waals surface area contributed by atoms with Gasteiger partial charge in [-0.15, -0.1) is 0 Å². The summed E-state index contributed by atoms with van der Waals surface area (Å²) in [6.45, 7) is -0.0878. The summed E-state index contributed by atoms with van der Waals surface area (Å²) in [4.78, 5) is 16.5. The quantitative estimate of drug-likeness (QED) is 0.562. The summed E-state index contributed by atoms with van der Waals surface area (Å²) in [5.41, 5.74) is 0.748. The lowest BCUT2D eigenvalue weighted by Crippen LogP contribution is -3.00. The number of amides is 1. The number of benzene rings is 2. The van der Waals surface area contributed by atoms with Crippen LogP contribution in [0, 0.1) is 0 Å². The first-order valence-corrected chi connectivity index (χ1v) is 8.32. The molecule has 1 heterocycles. The number of hydrogen-bond donors (Lipinski definition) is 1. The molecular weight excluding hydrogens is 451 g/mol. The summed E-state index contributed by atoms with van der Waals surface area (Å²) in [7, 11) is 1.57. The van der Waals surface area contributed by atoms with Gasteiger partial charge in [-0.2, -0.15) is 13.2 Å². The first kappa shape index (κ1) is 22.4. The van der Waals surface area contributed by atoms with Crippen molar-refractivity contribution in [2.24, 2.45) is 0 Å². The zero-order chi connectivity index (χ0) is 20.1. The van der Waals surface area contributed by atoms with Gasteiger partial charge in [-0.1, -0.05) is 18.2 Å². The van der Waals surface area contributed by atoms with Gasteiger partial charge in [0.25, 0.3) is 12.2 Å². The average Bonchev–Trinajstić information content (AvgIpc) is 2.68. The van der Waals surface area contributed by atoms with Crippen molar-refractivity contribution in [3.63, 3.8) is 0 Å². The number of nitrogens with one attached hydrogen (secondary N) is 1. The molecule has 0 radical (unpaired) electrons. The molecule has 5 nitrogen and oxygen atoms in total. The molecule has 1 aromatic heterocycles. The van der Waals surface area contributed by atoms with Gasteiger partial charge in [0.2, 0.25) is 0 Å². The van der Waals surface area contributed by atoms with Crippen LogP contribution in [0.15, 0.2) is 67.1 Å². The third-order valence-electron chi connectivity index (χ3n) is 3.95. The lowest BCUT2D eigenvalue weighted by molar-refractivity contribution is -0.686. The molecule has 29 heavy (non-hydrogen) atoms. The lowest BCUT2D eigenvalue weighted by atomic mass is 10.1. The lowest BCUT2D eigenvalue weighted by Gasteiger charge is -2.09. The number of para-hydroxylation sites is 1. The smallest absolute Gasteiger partial charge is 0.416 e. The highest BCUT2D eigenvalue weighted by Gasteiger charge is 2.30. The van der Waals surface area contributed by atoms with Gasteiger partial charge >= 0.3 is 6.18 Å². The Balaban J connectivity index is 0.00000300. The fraction of sp³-hybridized carbons (Fsp3) is 0.150. The number of carbonyl (C=O) groups excluding carboxylic acids is 1. The van der Waals surface area contributed by atoms with Crippen molar-refractivity contribution >= 4 is 11.6 Å². The molecule has 0 fully saturated rings. The minimum Gasteiger partial charge on any atom is -1.00 e. The maximum absolute atomic E-state index is 12.7. The van der Waals surface area contributed by atoms with Crippen LogP contribution in [0.2, 0.25) is 0 Å². The predicted octanol–water partition coefficient (Wildman–Crippen LogP) is 0.706. The van der Waals surface area contributed by atoms with Crippen molar-refractivity contribution in [1.82, 2.24) is 4.98 Å². The third-order valence-corrected chi connectivity index (χ3v) is 3.95. The fourth-order valence-corrected chi connectivity index (χ4v) is 2.63. The van der Waals surface area contributed by atoms with E-state index in [-0.39, 0.29) is 29.2 Å². The van der Waals surface area contributed by atoms with E-state index in [0.29, 0.717) is 11.4 Å². The molecule has 1 amide bonds. The third kappa shape index (κ3) is 5.77. The normalized spacial score (nSPS) is 10.8. The van der Waals surface area contributed by atoms with E-state index in [1.165, 1.54) is 23.0 Å². The van der Waals surface area contributed by atoms with Crippen molar-refractivity contribution in [3.05, 3.63) is 72.7 Å². The second-order valence-electron chi connectivity index (χ2n) is 5.94. The molecule has 0 spiro atoms. The monoisotopic (exact) mass is 467 g/mol. The van der Waals surface area contributed by atoms with Crippen molar-refractivity contribution in [3.8, 4) is 17.0 Å². The highest BCUT2D eigenvalue weighted by atomic mass is 79.9. The maximum Gasteiger partial charge on any atom is 0.416 e.